The molecule has 0 aliphatic rings. The highest BCUT2D eigenvalue weighted by Crippen LogP contribution is 2.30. The fourth-order valence-electron chi connectivity index (χ4n) is 4.60. The zero-order valence-corrected chi connectivity index (χ0v) is 23.7. The first kappa shape index (κ1) is 30.4. The van der Waals surface area contributed by atoms with Crippen molar-refractivity contribution in [2.75, 3.05) is 26.6 Å². The average molecular weight is 610 g/mol. The van der Waals surface area contributed by atoms with Crippen LogP contribution in [0.25, 0.3) is 22.3 Å². The maximum absolute atomic E-state index is 15.4. The molecule has 0 fully saturated rings. The molecule has 0 saturated carbocycles. The summed E-state index contributed by atoms with van der Waals surface area (Å²) in [7, 11) is 2.88. The first-order valence-corrected chi connectivity index (χ1v) is 13.3. The summed E-state index contributed by atoms with van der Waals surface area (Å²) in [6.45, 7) is 0.665. The molecule has 13 heteroatoms. The molecule has 2 N–H and O–H groups in total. The van der Waals surface area contributed by atoms with Gasteiger partial charge in [-0.1, -0.05) is 18.2 Å². The molecule has 0 bridgehead atoms. The van der Waals surface area contributed by atoms with Gasteiger partial charge in [0, 0.05) is 37.3 Å². The number of carbonyl (C=O) groups excluding carboxylic acids is 1. The summed E-state index contributed by atoms with van der Waals surface area (Å²) in [6.07, 6.45) is -4.43. The third kappa shape index (κ3) is 6.62. The monoisotopic (exact) mass is 609 g/mol. The van der Waals surface area contributed by atoms with Gasteiger partial charge in [0.25, 0.3) is 0 Å². The quantitative estimate of drug-likeness (QED) is 0.155. The lowest BCUT2D eigenvalue weighted by molar-refractivity contribution is -0.141. The average Bonchev–Trinajstić information content (AvgIpc) is 3.35. The Balaban J connectivity index is 1.35. The molecule has 3 heterocycles. The van der Waals surface area contributed by atoms with E-state index < -0.39 is 23.7 Å². The zero-order chi connectivity index (χ0) is 31.4. The smallest absolute Gasteiger partial charge is 0.433 e. The number of anilines is 1. The van der Waals surface area contributed by atoms with E-state index in [9.17, 15) is 18.0 Å². The number of hydrogen-bond acceptors (Lipinski definition) is 8. The van der Waals surface area contributed by atoms with Gasteiger partial charge < -0.3 is 24.5 Å². The largest absolute Gasteiger partial charge is 0.473 e. The van der Waals surface area contributed by atoms with Gasteiger partial charge in [0.15, 0.2) is 0 Å². The molecule has 0 spiro atoms. The molecular formula is C31H27F4N5O4. The van der Waals surface area contributed by atoms with Crippen LogP contribution in [0.15, 0.2) is 66.7 Å². The summed E-state index contributed by atoms with van der Waals surface area (Å²) in [6, 6.07) is 16.7. The Bertz CT molecular complexity index is 1820. The van der Waals surface area contributed by atoms with Gasteiger partial charge >= 0.3 is 12.1 Å². The van der Waals surface area contributed by atoms with Crippen LogP contribution < -0.4 is 10.5 Å². The minimum atomic E-state index is -4.61. The normalized spacial score (nSPS) is 11.6. The maximum atomic E-state index is 15.4. The van der Waals surface area contributed by atoms with Crippen LogP contribution >= 0.6 is 0 Å². The second kappa shape index (κ2) is 12.7. The number of methoxy groups -OCH3 is 2. The van der Waals surface area contributed by atoms with Crippen molar-refractivity contribution in [2.24, 2.45) is 0 Å². The lowest BCUT2D eigenvalue weighted by Gasteiger charge is -2.12. The van der Waals surface area contributed by atoms with E-state index in [0.717, 1.165) is 6.07 Å². The van der Waals surface area contributed by atoms with E-state index in [2.05, 4.69) is 15.0 Å². The van der Waals surface area contributed by atoms with E-state index in [4.69, 9.17) is 19.9 Å². The van der Waals surface area contributed by atoms with Gasteiger partial charge in [-0.3, -0.25) is 0 Å². The van der Waals surface area contributed by atoms with Crippen LogP contribution in [0.1, 0.15) is 33.0 Å². The molecule has 5 aromatic rings. The van der Waals surface area contributed by atoms with Crippen molar-refractivity contribution in [3.63, 3.8) is 0 Å². The van der Waals surface area contributed by atoms with E-state index in [-0.39, 0.29) is 30.3 Å². The van der Waals surface area contributed by atoms with Crippen molar-refractivity contribution < 1.29 is 36.6 Å². The first-order chi connectivity index (χ1) is 21.1. The lowest BCUT2D eigenvalue weighted by atomic mass is 10.1. The maximum Gasteiger partial charge on any atom is 0.433 e. The van der Waals surface area contributed by atoms with E-state index in [0.29, 0.717) is 52.4 Å². The van der Waals surface area contributed by atoms with Crippen molar-refractivity contribution in [1.29, 1.82) is 0 Å². The number of fused-ring (bicyclic) bond motifs is 1. The Morgan fingerprint density at radius 2 is 1.75 bits per heavy atom. The minimum absolute atomic E-state index is 0.161. The van der Waals surface area contributed by atoms with Crippen molar-refractivity contribution >= 4 is 22.8 Å². The standard InChI is InChI=1S/C31H27F4N5O4/c1-42-13-12-40-25-15-20(30(41)43-2)8-10-24(25)37-27(40)16-18-6-7-19(14-22(18)32)23-4-3-5-28(38-23)44-17-21-9-11-26(31(33,34)35)39-29(21)36/h3-11,14-15H,12-13,16-17H2,1-2H3,(H2,36,39). The van der Waals surface area contributed by atoms with Crippen LogP contribution in [0, 0.1) is 5.82 Å². The van der Waals surface area contributed by atoms with Crippen molar-refractivity contribution in [3.05, 3.63) is 101 Å². The number of pyridine rings is 2. The van der Waals surface area contributed by atoms with Crippen LogP contribution in [-0.2, 0) is 35.2 Å². The zero-order valence-electron chi connectivity index (χ0n) is 23.7. The minimum Gasteiger partial charge on any atom is -0.473 e. The molecule has 44 heavy (non-hydrogen) atoms. The highest BCUT2D eigenvalue weighted by atomic mass is 19.4. The number of nitrogens with zero attached hydrogens (tertiary/aromatic N) is 4. The third-order valence-corrected chi connectivity index (χ3v) is 6.87. The number of aromatic nitrogens is 4. The van der Waals surface area contributed by atoms with Crippen LogP contribution in [0.2, 0.25) is 0 Å². The number of carbonyl (C=O) groups is 1. The Kier molecular flexibility index (Phi) is 8.76. The molecule has 0 unspecified atom stereocenters. The summed E-state index contributed by atoms with van der Waals surface area (Å²) in [4.78, 5) is 24.6. The predicted octanol–water partition coefficient (Wildman–Crippen LogP) is 5.84. The van der Waals surface area contributed by atoms with Gasteiger partial charge in [0.2, 0.25) is 5.88 Å². The number of benzene rings is 2. The van der Waals surface area contributed by atoms with Crippen LogP contribution in [0.4, 0.5) is 23.4 Å². The summed E-state index contributed by atoms with van der Waals surface area (Å²) in [5.41, 5.74) is 7.89. The van der Waals surface area contributed by atoms with E-state index in [1.807, 2.05) is 4.57 Å². The molecule has 2 aromatic carbocycles. The molecule has 0 radical (unpaired) electrons. The van der Waals surface area contributed by atoms with Crippen LogP contribution in [0.3, 0.4) is 0 Å². The number of rotatable bonds is 10. The summed E-state index contributed by atoms with van der Waals surface area (Å²) in [5, 5.41) is 0. The second-order valence-electron chi connectivity index (χ2n) is 9.74. The predicted molar refractivity (Wildman–Crippen MR) is 153 cm³/mol. The second-order valence-corrected chi connectivity index (χ2v) is 9.74. The Morgan fingerprint density at radius 1 is 0.955 bits per heavy atom. The summed E-state index contributed by atoms with van der Waals surface area (Å²) >= 11 is 0. The number of alkyl halides is 3. The topological polar surface area (TPSA) is 114 Å². The lowest BCUT2D eigenvalue weighted by Crippen LogP contribution is -2.11. The molecule has 0 aliphatic carbocycles. The SMILES string of the molecule is COCCn1c(Cc2ccc(-c3cccc(OCc4ccc(C(F)(F)F)nc4N)n3)cc2F)nc2ccc(C(=O)OC)cc21. The number of nitrogens with two attached hydrogens (primary N) is 1. The van der Waals surface area contributed by atoms with Gasteiger partial charge in [-0.05, 0) is 48.0 Å². The molecule has 0 aliphatic heterocycles. The Hall–Kier alpha value is -5.04. The fourth-order valence-corrected chi connectivity index (χ4v) is 4.60. The number of ether oxygens (including phenoxy) is 3. The van der Waals surface area contributed by atoms with Gasteiger partial charge in [0.1, 0.15) is 29.8 Å². The molecule has 0 saturated heterocycles. The fraction of sp³-hybridized carbons (Fsp3) is 0.226. The third-order valence-electron chi connectivity index (χ3n) is 6.87. The molecule has 3 aromatic heterocycles. The summed E-state index contributed by atoms with van der Waals surface area (Å²) < 4.78 is 71.6. The Labute approximate surface area is 249 Å². The van der Waals surface area contributed by atoms with Gasteiger partial charge in [-0.25, -0.2) is 24.1 Å². The highest BCUT2D eigenvalue weighted by molar-refractivity contribution is 5.93. The number of esters is 1. The van der Waals surface area contributed by atoms with Crippen molar-refractivity contribution in [3.8, 4) is 17.1 Å². The molecule has 0 atom stereocenters. The number of halogens is 4. The molecule has 0 amide bonds. The van der Waals surface area contributed by atoms with E-state index >= 15 is 4.39 Å². The highest BCUT2D eigenvalue weighted by Gasteiger charge is 2.32. The van der Waals surface area contributed by atoms with Crippen LogP contribution in [0.5, 0.6) is 5.88 Å². The van der Waals surface area contributed by atoms with Crippen LogP contribution in [-0.4, -0.2) is 46.3 Å². The first-order valence-electron chi connectivity index (χ1n) is 13.3. The van der Waals surface area contributed by atoms with E-state index in [1.54, 1.807) is 55.6 Å². The molecule has 5 rings (SSSR count). The molecule has 9 nitrogen and oxygen atoms in total. The summed E-state index contributed by atoms with van der Waals surface area (Å²) in [5.74, 6) is -0.479. The number of hydrogen-bond donors (Lipinski definition) is 1. The Morgan fingerprint density at radius 3 is 2.45 bits per heavy atom. The van der Waals surface area contributed by atoms with Gasteiger partial charge in [0.05, 0.1) is 36.0 Å². The number of nitrogen functional groups attached to an aromatic ring is 1. The number of imidazole rings is 1. The van der Waals surface area contributed by atoms with Gasteiger partial charge in [-0.2, -0.15) is 13.2 Å². The van der Waals surface area contributed by atoms with Crippen molar-refractivity contribution in [1.82, 2.24) is 19.5 Å². The molecular weight excluding hydrogens is 582 g/mol. The molecule has 228 valence electrons. The van der Waals surface area contributed by atoms with Gasteiger partial charge in [-0.15, -0.1) is 0 Å². The van der Waals surface area contributed by atoms with Crippen molar-refractivity contribution in [2.45, 2.75) is 25.7 Å². The van der Waals surface area contributed by atoms with E-state index in [1.165, 1.54) is 19.2 Å².